The van der Waals surface area contributed by atoms with Crippen molar-refractivity contribution in [1.29, 1.82) is 5.26 Å². The highest BCUT2D eigenvalue weighted by atomic mass is 32.5. The van der Waals surface area contributed by atoms with Gasteiger partial charge in [-0.25, -0.2) is 0 Å². The van der Waals surface area contributed by atoms with E-state index < -0.39 is 6.72 Å². The lowest BCUT2D eigenvalue weighted by molar-refractivity contribution is 0.0264. The maximum atomic E-state index is 9.11. The van der Waals surface area contributed by atoms with Crippen LogP contribution in [-0.4, -0.2) is 18.9 Å². The highest BCUT2D eigenvalue weighted by Crippen LogP contribution is 2.55. The number of oxime groups is 1. The van der Waals surface area contributed by atoms with Crippen molar-refractivity contribution in [2.45, 2.75) is 13.8 Å². The fourth-order valence-electron chi connectivity index (χ4n) is 1.46. The maximum absolute atomic E-state index is 9.11. The van der Waals surface area contributed by atoms with E-state index in [2.05, 4.69) is 5.16 Å². The van der Waals surface area contributed by atoms with Crippen LogP contribution in [0.4, 0.5) is 0 Å². The Morgan fingerprint density at radius 2 is 1.95 bits per heavy atom. The van der Waals surface area contributed by atoms with Crippen molar-refractivity contribution in [3.63, 3.8) is 0 Å². The summed E-state index contributed by atoms with van der Waals surface area (Å²) in [5.41, 5.74) is 0.716. The van der Waals surface area contributed by atoms with Gasteiger partial charge in [-0.3, -0.25) is 9.05 Å². The third-order valence-corrected chi connectivity index (χ3v) is 4.62. The van der Waals surface area contributed by atoms with Gasteiger partial charge >= 0.3 is 6.72 Å². The van der Waals surface area contributed by atoms with Crippen molar-refractivity contribution < 1.29 is 13.7 Å². The van der Waals surface area contributed by atoms with Crippen LogP contribution in [-0.2, 0) is 25.5 Å². The minimum Gasteiger partial charge on any atom is -0.312 e. The molecular formula is C13H15N2O3PS. The van der Waals surface area contributed by atoms with Crippen molar-refractivity contribution in [2.75, 3.05) is 13.2 Å². The van der Waals surface area contributed by atoms with E-state index in [4.69, 9.17) is 30.7 Å². The third kappa shape index (κ3) is 3.87. The zero-order valence-electron chi connectivity index (χ0n) is 11.3. The first-order valence-electron chi connectivity index (χ1n) is 6.06. The number of nitriles is 1. The van der Waals surface area contributed by atoms with Gasteiger partial charge in [-0.05, 0) is 0 Å². The number of nitrogens with zero attached hydrogens (tertiary/aromatic N) is 2. The number of hydrogen-bond acceptors (Lipinski definition) is 6. The molecule has 1 aromatic carbocycles. The Hall–Kier alpha value is -1.25. The van der Waals surface area contributed by atoms with Crippen LogP contribution >= 0.6 is 6.72 Å². The normalized spacial score (nSPS) is 20.9. The fourth-order valence-corrected chi connectivity index (χ4v) is 3.24. The molecule has 0 aliphatic carbocycles. The van der Waals surface area contributed by atoms with Gasteiger partial charge in [-0.1, -0.05) is 49.3 Å². The molecule has 0 N–H and O–H groups in total. The number of hydrogen-bond donors (Lipinski definition) is 0. The quantitative estimate of drug-likeness (QED) is 0.487. The van der Waals surface area contributed by atoms with Crippen LogP contribution in [0.25, 0.3) is 0 Å². The Bertz CT molecular complexity index is 581. The highest BCUT2D eigenvalue weighted by molar-refractivity contribution is 8.07. The first-order valence-corrected chi connectivity index (χ1v) is 8.61. The first kappa shape index (κ1) is 15.1. The molecule has 0 spiro atoms. The predicted molar refractivity (Wildman–Crippen MR) is 79.6 cm³/mol. The molecule has 2 rings (SSSR count). The summed E-state index contributed by atoms with van der Waals surface area (Å²) in [5, 5.41) is 12.9. The molecule has 1 aliphatic heterocycles. The summed E-state index contributed by atoms with van der Waals surface area (Å²) in [7, 11) is 0. The lowest BCUT2D eigenvalue weighted by Crippen LogP contribution is -2.29. The van der Waals surface area contributed by atoms with Crippen LogP contribution in [0.2, 0.25) is 0 Å². The van der Waals surface area contributed by atoms with Crippen molar-refractivity contribution in [1.82, 2.24) is 0 Å². The van der Waals surface area contributed by atoms with Gasteiger partial charge < -0.3 is 4.62 Å². The zero-order valence-corrected chi connectivity index (χ0v) is 13.0. The third-order valence-electron chi connectivity index (χ3n) is 2.61. The van der Waals surface area contributed by atoms with Gasteiger partial charge in [-0.15, -0.1) is 0 Å². The van der Waals surface area contributed by atoms with E-state index in [0.717, 1.165) is 0 Å². The van der Waals surface area contributed by atoms with Crippen LogP contribution < -0.4 is 0 Å². The van der Waals surface area contributed by atoms with E-state index in [1.807, 2.05) is 38.1 Å². The van der Waals surface area contributed by atoms with Gasteiger partial charge in [0.1, 0.15) is 6.07 Å². The van der Waals surface area contributed by atoms with Crippen molar-refractivity contribution in [3.8, 4) is 6.07 Å². The summed E-state index contributed by atoms with van der Waals surface area (Å²) in [4.78, 5) is 0. The van der Waals surface area contributed by atoms with Gasteiger partial charge in [-0.2, -0.15) is 5.26 Å². The van der Waals surface area contributed by atoms with Gasteiger partial charge in [0.15, 0.2) is 5.71 Å². The summed E-state index contributed by atoms with van der Waals surface area (Å²) in [5.74, 6) is 0. The van der Waals surface area contributed by atoms with Crippen LogP contribution in [0.5, 0.6) is 0 Å². The monoisotopic (exact) mass is 310 g/mol. The molecule has 0 aromatic heterocycles. The summed E-state index contributed by atoms with van der Waals surface area (Å²) in [6.45, 7) is 2.04. The first-order chi connectivity index (χ1) is 9.44. The second-order valence-corrected chi connectivity index (χ2v) is 8.07. The molecule has 1 saturated heterocycles. The molecule has 1 aliphatic rings. The second kappa shape index (κ2) is 6.02. The predicted octanol–water partition coefficient (Wildman–Crippen LogP) is 3.23. The Balaban J connectivity index is 2.09. The van der Waals surface area contributed by atoms with Gasteiger partial charge in [0, 0.05) is 22.8 Å². The van der Waals surface area contributed by atoms with E-state index in [1.54, 1.807) is 12.1 Å². The molecule has 7 heteroatoms. The van der Waals surface area contributed by atoms with Crippen molar-refractivity contribution in [2.24, 2.45) is 10.6 Å². The molecule has 0 amide bonds. The molecule has 1 fully saturated rings. The maximum Gasteiger partial charge on any atom is 0.402 e. The van der Waals surface area contributed by atoms with Crippen molar-refractivity contribution in [3.05, 3.63) is 35.9 Å². The molecular weight excluding hydrogens is 295 g/mol. The van der Waals surface area contributed by atoms with Crippen LogP contribution in [0.3, 0.4) is 0 Å². The Morgan fingerprint density at radius 3 is 2.50 bits per heavy atom. The topological polar surface area (TPSA) is 63.8 Å². The van der Waals surface area contributed by atoms with Gasteiger partial charge in [0.05, 0.1) is 13.2 Å². The standard InChI is InChI=1S/C13H15N2O3PS/c1-13(2)9-16-19(20,17-10-13)18-15-12(8-14)11-6-4-3-5-7-11/h3-7H,9-10H2,1-2H3/b15-12+. The lowest BCUT2D eigenvalue weighted by Gasteiger charge is -2.33. The van der Waals surface area contributed by atoms with E-state index in [0.29, 0.717) is 18.8 Å². The molecule has 106 valence electrons. The summed E-state index contributed by atoms with van der Waals surface area (Å²) < 4.78 is 16.2. The average molecular weight is 310 g/mol. The molecule has 1 heterocycles. The number of benzene rings is 1. The molecule has 0 saturated carbocycles. The average Bonchev–Trinajstić information content (AvgIpc) is 2.45. The van der Waals surface area contributed by atoms with E-state index >= 15 is 0 Å². The zero-order chi connectivity index (χ0) is 14.6. The highest BCUT2D eigenvalue weighted by Gasteiger charge is 2.35. The molecule has 5 nitrogen and oxygen atoms in total. The van der Waals surface area contributed by atoms with Crippen molar-refractivity contribution >= 4 is 24.2 Å². The minimum absolute atomic E-state index is 0.0904. The molecule has 0 radical (unpaired) electrons. The van der Waals surface area contributed by atoms with E-state index in [9.17, 15) is 0 Å². The minimum atomic E-state index is -2.89. The molecule has 1 aromatic rings. The Morgan fingerprint density at radius 1 is 1.35 bits per heavy atom. The molecule has 20 heavy (non-hydrogen) atoms. The summed E-state index contributed by atoms with van der Waals surface area (Å²) >= 11 is 5.20. The summed E-state index contributed by atoms with van der Waals surface area (Å²) in [6, 6.07) is 11.0. The van der Waals surface area contributed by atoms with E-state index in [1.165, 1.54) is 0 Å². The van der Waals surface area contributed by atoms with Crippen LogP contribution in [0.1, 0.15) is 19.4 Å². The lowest BCUT2D eigenvalue weighted by atomic mass is 9.97. The fraction of sp³-hybridized carbons (Fsp3) is 0.385. The van der Waals surface area contributed by atoms with Gasteiger partial charge in [0.2, 0.25) is 0 Å². The number of rotatable bonds is 3. The Labute approximate surface area is 123 Å². The molecule has 0 unspecified atom stereocenters. The Kier molecular flexibility index (Phi) is 4.56. The van der Waals surface area contributed by atoms with Crippen LogP contribution in [0, 0.1) is 16.7 Å². The second-order valence-electron chi connectivity index (χ2n) is 5.16. The SMILES string of the molecule is CC1(C)COP(=S)(O/N=C(\C#N)c2ccccc2)OC1. The largest absolute Gasteiger partial charge is 0.402 e. The molecule has 0 atom stereocenters. The smallest absolute Gasteiger partial charge is 0.312 e. The van der Waals surface area contributed by atoms with E-state index in [-0.39, 0.29) is 11.1 Å². The van der Waals surface area contributed by atoms with Crippen LogP contribution in [0.15, 0.2) is 35.5 Å². The molecule has 0 bridgehead atoms. The summed E-state index contributed by atoms with van der Waals surface area (Å²) in [6.07, 6.45) is 0. The van der Waals surface area contributed by atoms with Gasteiger partial charge in [0.25, 0.3) is 0 Å².